The number of hydrogen-bond acceptors (Lipinski definition) is 9. The number of allylic oxidation sites excluding steroid dienone is 1. The van der Waals surface area contributed by atoms with Gasteiger partial charge in [-0.1, -0.05) is 36.0 Å². The number of aromatic nitrogens is 2. The summed E-state index contributed by atoms with van der Waals surface area (Å²) in [6.45, 7) is 1.70. The van der Waals surface area contributed by atoms with E-state index < -0.39 is 17.4 Å². The monoisotopic (exact) mass is 527 g/mol. The molecule has 0 bridgehead atoms. The quantitative estimate of drug-likeness (QED) is 0.252. The average molecular weight is 528 g/mol. The fourth-order valence-electron chi connectivity index (χ4n) is 4.30. The molecule has 3 aromatic rings. The van der Waals surface area contributed by atoms with Gasteiger partial charge in [-0.3, -0.25) is 4.79 Å². The number of nitrogens with one attached hydrogen (secondary N) is 2. The van der Waals surface area contributed by atoms with E-state index in [2.05, 4.69) is 15.3 Å². The highest BCUT2D eigenvalue weighted by molar-refractivity contribution is 7.98. The molecule has 1 aromatic heterocycles. The molecule has 4 rings (SSSR count). The van der Waals surface area contributed by atoms with Crippen LogP contribution in [0.25, 0.3) is 0 Å². The Bertz CT molecular complexity index is 1440. The highest BCUT2D eigenvalue weighted by atomic mass is 32.2. The van der Waals surface area contributed by atoms with Gasteiger partial charge in [0.15, 0.2) is 16.7 Å². The van der Waals surface area contributed by atoms with Crippen molar-refractivity contribution in [1.82, 2.24) is 9.97 Å². The summed E-state index contributed by atoms with van der Waals surface area (Å²) in [5.41, 5.74) is 1.39. The van der Waals surface area contributed by atoms with Crippen molar-refractivity contribution in [3.63, 3.8) is 0 Å². The summed E-state index contributed by atoms with van der Waals surface area (Å²) in [7, 11) is 5.69. The Morgan fingerprint density at radius 1 is 1.05 bits per heavy atom. The van der Waals surface area contributed by atoms with E-state index in [9.17, 15) is 14.0 Å². The summed E-state index contributed by atoms with van der Waals surface area (Å²) < 4.78 is 35.7. The molecule has 2 aromatic carbocycles. The fraction of sp³-hybridized carbons (Fsp3) is 0.269. The van der Waals surface area contributed by atoms with Gasteiger partial charge >= 0.3 is 5.97 Å². The molecule has 0 amide bonds. The molecule has 0 radical (unpaired) electrons. The Morgan fingerprint density at radius 3 is 2.43 bits per heavy atom. The number of benzene rings is 2. The average Bonchev–Trinajstić information content (AvgIpc) is 2.90. The summed E-state index contributed by atoms with van der Waals surface area (Å²) in [6.07, 6.45) is 0. The van der Waals surface area contributed by atoms with Crippen LogP contribution in [0.15, 0.2) is 57.6 Å². The number of fused-ring (bicyclic) bond motifs is 1. The maximum Gasteiger partial charge on any atom is 0.336 e. The van der Waals surface area contributed by atoms with Crippen molar-refractivity contribution in [3.8, 4) is 17.2 Å². The van der Waals surface area contributed by atoms with Crippen molar-refractivity contribution >= 4 is 23.5 Å². The third-order valence-corrected chi connectivity index (χ3v) is 6.92. The molecule has 37 heavy (non-hydrogen) atoms. The number of ether oxygens (including phenoxy) is 4. The highest BCUT2D eigenvalue weighted by Gasteiger charge is 2.39. The van der Waals surface area contributed by atoms with Gasteiger partial charge in [0, 0.05) is 17.0 Å². The Morgan fingerprint density at radius 2 is 1.78 bits per heavy atom. The Kier molecular flexibility index (Phi) is 7.72. The molecule has 0 spiro atoms. The molecular weight excluding hydrogens is 501 g/mol. The zero-order valence-corrected chi connectivity index (χ0v) is 21.7. The van der Waals surface area contributed by atoms with Crippen LogP contribution in [0.5, 0.6) is 17.2 Å². The molecule has 1 aliphatic heterocycles. The molecule has 1 atom stereocenters. The Balaban J connectivity index is 1.86. The summed E-state index contributed by atoms with van der Waals surface area (Å²) >= 11 is 1.19. The molecular formula is C26H26FN3O6S. The first-order chi connectivity index (χ1) is 17.8. The molecule has 0 aliphatic carbocycles. The number of aromatic amines is 1. The number of methoxy groups -OCH3 is 4. The molecule has 1 aliphatic rings. The van der Waals surface area contributed by atoms with E-state index in [-0.39, 0.29) is 28.5 Å². The minimum absolute atomic E-state index is 0.201. The second kappa shape index (κ2) is 11.0. The Hall–Kier alpha value is -3.99. The maximum absolute atomic E-state index is 14.1. The molecule has 11 heteroatoms. The topological polar surface area (TPSA) is 112 Å². The van der Waals surface area contributed by atoms with Crippen LogP contribution in [0.4, 0.5) is 10.2 Å². The zero-order chi connectivity index (χ0) is 26.7. The molecule has 0 fully saturated rings. The third-order valence-electron chi connectivity index (χ3n) is 5.99. The van der Waals surface area contributed by atoms with Crippen molar-refractivity contribution in [3.05, 3.63) is 80.5 Å². The van der Waals surface area contributed by atoms with Gasteiger partial charge in [0.25, 0.3) is 5.56 Å². The van der Waals surface area contributed by atoms with Gasteiger partial charge in [-0.15, -0.1) is 0 Å². The molecule has 0 saturated heterocycles. The first-order valence-electron chi connectivity index (χ1n) is 11.2. The third kappa shape index (κ3) is 4.86. The summed E-state index contributed by atoms with van der Waals surface area (Å²) in [5.74, 6) is -0.275. The first-order valence-corrected chi connectivity index (χ1v) is 12.2. The van der Waals surface area contributed by atoms with Crippen LogP contribution >= 0.6 is 11.8 Å². The van der Waals surface area contributed by atoms with Crippen LogP contribution in [-0.2, 0) is 15.3 Å². The second-order valence-corrected chi connectivity index (χ2v) is 8.99. The van der Waals surface area contributed by atoms with Crippen LogP contribution in [-0.4, -0.2) is 44.4 Å². The lowest BCUT2D eigenvalue weighted by atomic mass is 9.81. The number of esters is 1. The number of carbonyl (C=O) groups excluding carboxylic acids is 1. The van der Waals surface area contributed by atoms with Crippen molar-refractivity contribution in [2.24, 2.45) is 0 Å². The molecule has 1 unspecified atom stereocenters. The van der Waals surface area contributed by atoms with Crippen molar-refractivity contribution < 1.29 is 28.1 Å². The van der Waals surface area contributed by atoms with E-state index in [1.807, 2.05) is 0 Å². The minimum Gasteiger partial charge on any atom is -0.493 e. The van der Waals surface area contributed by atoms with Gasteiger partial charge in [0.1, 0.15) is 11.6 Å². The van der Waals surface area contributed by atoms with E-state index in [1.54, 1.807) is 37.3 Å². The maximum atomic E-state index is 14.1. The van der Waals surface area contributed by atoms with Crippen LogP contribution in [0.1, 0.15) is 29.5 Å². The number of thioether (sulfide) groups is 1. The van der Waals surface area contributed by atoms with E-state index >= 15 is 0 Å². The van der Waals surface area contributed by atoms with Gasteiger partial charge in [-0.25, -0.2) is 14.2 Å². The van der Waals surface area contributed by atoms with Crippen LogP contribution in [0.2, 0.25) is 0 Å². The lowest BCUT2D eigenvalue weighted by Crippen LogP contribution is -2.31. The van der Waals surface area contributed by atoms with Gasteiger partial charge in [0.2, 0.25) is 5.75 Å². The SMILES string of the molecule is COC(=O)C1=C(C)Nc2nc(SCc3ccccc3F)[nH]c(=O)c2C1c1ccc(OC)c(OC)c1OC. The van der Waals surface area contributed by atoms with Crippen molar-refractivity contribution in [2.45, 2.75) is 23.8 Å². The summed E-state index contributed by atoms with van der Waals surface area (Å²) in [5, 5.41) is 3.37. The largest absolute Gasteiger partial charge is 0.493 e. The van der Waals surface area contributed by atoms with E-state index in [0.29, 0.717) is 39.2 Å². The first kappa shape index (κ1) is 26.1. The van der Waals surface area contributed by atoms with Gasteiger partial charge in [-0.2, -0.15) is 0 Å². The molecule has 9 nitrogen and oxygen atoms in total. The molecule has 2 heterocycles. The number of H-pyrrole nitrogens is 1. The number of anilines is 1. The van der Waals surface area contributed by atoms with Gasteiger partial charge in [-0.05, 0) is 24.6 Å². The lowest BCUT2D eigenvalue weighted by Gasteiger charge is -2.30. The van der Waals surface area contributed by atoms with E-state index in [1.165, 1.54) is 46.3 Å². The summed E-state index contributed by atoms with van der Waals surface area (Å²) in [4.78, 5) is 33.8. The summed E-state index contributed by atoms with van der Waals surface area (Å²) in [6, 6.07) is 9.78. The van der Waals surface area contributed by atoms with E-state index in [0.717, 1.165) is 0 Å². The van der Waals surface area contributed by atoms with Crippen LogP contribution in [0, 0.1) is 5.82 Å². The van der Waals surface area contributed by atoms with Gasteiger partial charge in [0.05, 0.1) is 45.5 Å². The smallest absolute Gasteiger partial charge is 0.336 e. The normalized spacial score (nSPS) is 14.5. The fourth-order valence-corrected chi connectivity index (χ4v) is 5.15. The predicted octanol–water partition coefficient (Wildman–Crippen LogP) is 4.23. The number of carbonyl (C=O) groups is 1. The number of hydrogen-bond donors (Lipinski definition) is 2. The van der Waals surface area contributed by atoms with Crippen molar-refractivity contribution in [1.29, 1.82) is 0 Å². The standard InChI is InChI=1S/C26H26FN3O6S/c1-13-18(25(32)36-5)19(15-10-11-17(33-2)22(35-4)21(15)34-3)20-23(28-13)29-26(30-24(20)31)37-12-14-8-6-7-9-16(14)27/h6-11,19H,12H2,1-5H3,(H2,28,29,30,31). The second-order valence-electron chi connectivity index (χ2n) is 8.03. The predicted molar refractivity (Wildman–Crippen MR) is 137 cm³/mol. The molecule has 2 N–H and O–H groups in total. The number of rotatable bonds is 8. The molecule has 0 saturated carbocycles. The highest BCUT2D eigenvalue weighted by Crippen LogP contribution is 2.48. The number of halogens is 1. The lowest BCUT2D eigenvalue weighted by molar-refractivity contribution is -0.136. The minimum atomic E-state index is -0.889. The van der Waals surface area contributed by atoms with Crippen LogP contribution < -0.4 is 25.1 Å². The van der Waals surface area contributed by atoms with Crippen LogP contribution in [0.3, 0.4) is 0 Å². The number of nitrogens with zero attached hydrogens (tertiary/aromatic N) is 1. The zero-order valence-electron chi connectivity index (χ0n) is 20.9. The van der Waals surface area contributed by atoms with Crippen molar-refractivity contribution in [2.75, 3.05) is 33.8 Å². The molecule has 194 valence electrons. The van der Waals surface area contributed by atoms with E-state index in [4.69, 9.17) is 18.9 Å². The van der Waals surface area contributed by atoms with Gasteiger partial charge < -0.3 is 29.2 Å². The Labute approximate surface area is 217 Å².